The second kappa shape index (κ2) is 4.44. The van der Waals surface area contributed by atoms with E-state index in [0.717, 1.165) is 11.4 Å². The summed E-state index contributed by atoms with van der Waals surface area (Å²) in [5, 5.41) is 0. The first-order chi connectivity index (χ1) is 8.17. The van der Waals surface area contributed by atoms with E-state index in [4.69, 9.17) is 0 Å². The first-order valence-corrected chi connectivity index (χ1v) is 5.11. The lowest BCUT2D eigenvalue weighted by atomic mass is 10.0. The van der Waals surface area contributed by atoms with E-state index in [-0.39, 0.29) is 6.54 Å². The van der Waals surface area contributed by atoms with Gasteiger partial charge in [0, 0.05) is 6.42 Å². The van der Waals surface area contributed by atoms with Gasteiger partial charge in [0.05, 0.1) is 38.5 Å². The molecule has 1 N–H and O–H groups in total. The minimum absolute atomic E-state index is 0.266. The molecule has 7 heteroatoms. The predicted octanol–water partition coefficient (Wildman–Crippen LogP) is 0.0758. The number of imidazole rings is 1. The van der Waals surface area contributed by atoms with Crippen molar-refractivity contribution in [3.8, 4) is 0 Å². The number of fused-ring (bicyclic) bond motifs is 1. The summed E-state index contributed by atoms with van der Waals surface area (Å²) in [6.45, 7) is 0.266. The topological polar surface area (TPSA) is 84.5 Å². The molecule has 0 saturated carbocycles. The second-order valence-corrected chi connectivity index (χ2v) is 3.67. The molecule has 0 aromatic carbocycles. The number of hydrogen-bond acceptors (Lipinski definition) is 5. The van der Waals surface area contributed by atoms with Crippen molar-refractivity contribution in [2.24, 2.45) is 0 Å². The number of aromatic nitrogens is 2. The van der Waals surface area contributed by atoms with Crippen LogP contribution in [0.1, 0.15) is 11.4 Å². The Morgan fingerprint density at radius 1 is 1.47 bits per heavy atom. The van der Waals surface area contributed by atoms with E-state index in [9.17, 15) is 9.59 Å². The van der Waals surface area contributed by atoms with Crippen LogP contribution in [0.3, 0.4) is 0 Å². The molecule has 1 aromatic rings. The number of amides is 1. The van der Waals surface area contributed by atoms with Crippen LogP contribution in [0.4, 0.5) is 4.79 Å². The van der Waals surface area contributed by atoms with Gasteiger partial charge in [0.2, 0.25) is 0 Å². The molecule has 0 bridgehead atoms. The number of H-pyrrole nitrogens is 1. The van der Waals surface area contributed by atoms with Gasteiger partial charge in [-0.3, -0.25) is 4.90 Å². The van der Waals surface area contributed by atoms with Crippen molar-refractivity contribution in [1.82, 2.24) is 14.9 Å². The molecule has 7 nitrogen and oxygen atoms in total. The summed E-state index contributed by atoms with van der Waals surface area (Å²) in [5.74, 6) is -0.468. The smallest absolute Gasteiger partial charge is 0.410 e. The summed E-state index contributed by atoms with van der Waals surface area (Å²) < 4.78 is 9.33. The molecule has 0 fully saturated rings. The fourth-order valence-electron chi connectivity index (χ4n) is 1.89. The standard InChI is InChI=1S/C10H13N3O4/c1-16-9(14)8-3-6-7(12-5-11-6)4-13(8)10(15)17-2/h5,8H,3-4H2,1-2H3,(H,11,12). The highest BCUT2D eigenvalue weighted by Gasteiger charge is 2.37. The quantitative estimate of drug-likeness (QED) is 0.701. The van der Waals surface area contributed by atoms with Crippen LogP contribution in [0.5, 0.6) is 0 Å². The molecule has 17 heavy (non-hydrogen) atoms. The van der Waals surface area contributed by atoms with Crippen LogP contribution in [0.15, 0.2) is 6.33 Å². The zero-order chi connectivity index (χ0) is 12.4. The summed E-state index contributed by atoms with van der Waals surface area (Å²) in [5.41, 5.74) is 1.59. The number of carbonyl (C=O) groups is 2. The number of carbonyl (C=O) groups excluding carboxylic acids is 2. The average molecular weight is 239 g/mol. The maximum Gasteiger partial charge on any atom is 0.410 e. The van der Waals surface area contributed by atoms with Gasteiger partial charge in [0.1, 0.15) is 6.04 Å². The van der Waals surface area contributed by atoms with Crippen molar-refractivity contribution < 1.29 is 19.1 Å². The summed E-state index contributed by atoms with van der Waals surface area (Å²) in [7, 11) is 2.57. The van der Waals surface area contributed by atoms with E-state index in [0.29, 0.717) is 6.42 Å². The molecule has 2 rings (SSSR count). The molecule has 1 aliphatic heterocycles. The number of esters is 1. The van der Waals surface area contributed by atoms with Crippen LogP contribution in [-0.4, -0.2) is 47.2 Å². The molecule has 92 valence electrons. The Morgan fingerprint density at radius 3 is 2.88 bits per heavy atom. The van der Waals surface area contributed by atoms with Gasteiger partial charge >= 0.3 is 12.1 Å². The van der Waals surface area contributed by atoms with Crippen LogP contribution in [0.25, 0.3) is 0 Å². The Bertz CT molecular complexity index is 404. The molecule has 1 aliphatic rings. The Hall–Kier alpha value is -2.05. The van der Waals surface area contributed by atoms with Crippen LogP contribution in [0.2, 0.25) is 0 Å². The van der Waals surface area contributed by atoms with E-state index < -0.39 is 18.1 Å². The maximum absolute atomic E-state index is 11.6. The molecule has 0 spiro atoms. The zero-order valence-electron chi connectivity index (χ0n) is 9.60. The van der Waals surface area contributed by atoms with E-state index in [1.165, 1.54) is 19.1 Å². The third kappa shape index (κ3) is 1.95. The van der Waals surface area contributed by atoms with Gasteiger partial charge in [-0.15, -0.1) is 0 Å². The summed E-state index contributed by atoms with van der Waals surface area (Å²) in [6, 6.07) is -0.678. The van der Waals surface area contributed by atoms with Gasteiger partial charge in [0.15, 0.2) is 0 Å². The summed E-state index contributed by atoms with van der Waals surface area (Å²) >= 11 is 0. The fraction of sp³-hybridized carbons (Fsp3) is 0.500. The Morgan fingerprint density at radius 2 is 2.24 bits per heavy atom. The van der Waals surface area contributed by atoms with Gasteiger partial charge in [-0.2, -0.15) is 0 Å². The third-order valence-electron chi connectivity index (χ3n) is 2.78. The van der Waals surface area contributed by atoms with E-state index >= 15 is 0 Å². The molecular weight excluding hydrogens is 226 g/mol. The molecule has 0 radical (unpaired) electrons. The van der Waals surface area contributed by atoms with Crippen molar-refractivity contribution in [1.29, 1.82) is 0 Å². The third-order valence-corrected chi connectivity index (χ3v) is 2.78. The van der Waals surface area contributed by atoms with Gasteiger partial charge in [-0.05, 0) is 0 Å². The van der Waals surface area contributed by atoms with Crippen LogP contribution in [-0.2, 0) is 27.2 Å². The van der Waals surface area contributed by atoms with Crippen LogP contribution < -0.4 is 0 Å². The van der Waals surface area contributed by atoms with Crippen molar-refractivity contribution >= 4 is 12.1 Å². The first-order valence-electron chi connectivity index (χ1n) is 5.11. The fourth-order valence-corrected chi connectivity index (χ4v) is 1.89. The number of hydrogen-bond donors (Lipinski definition) is 1. The first kappa shape index (κ1) is 11.4. The highest BCUT2D eigenvalue weighted by atomic mass is 16.5. The van der Waals surface area contributed by atoms with Crippen LogP contribution >= 0.6 is 0 Å². The molecule has 0 aliphatic carbocycles. The Balaban J connectivity index is 2.29. The highest BCUT2D eigenvalue weighted by molar-refractivity contribution is 5.82. The zero-order valence-corrected chi connectivity index (χ0v) is 9.60. The normalized spacial score (nSPS) is 18.5. The average Bonchev–Trinajstić information content (AvgIpc) is 2.82. The highest BCUT2D eigenvalue weighted by Crippen LogP contribution is 2.21. The van der Waals surface area contributed by atoms with Crippen molar-refractivity contribution in [2.45, 2.75) is 19.0 Å². The predicted molar refractivity (Wildman–Crippen MR) is 56.0 cm³/mol. The Kier molecular flexibility index (Phi) is 2.99. The number of methoxy groups -OCH3 is 2. The minimum Gasteiger partial charge on any atom is -0.467 e. The SMILES string of the molecule is COC(=O)C1Cc2nc[nH]c2CN1C(=O)OC. The summed E-state index contributed by atoms with van der Waals surface area (Å²) in [6.07, 6.45) is 1.32. The van der Waals surface area contributed by atoms with E-state index in [1.807, 2.05) is 0 Å². The monoisotopic (exact) mass is 239 g/mol. The lowest BCUT2D eigenvalue weighted by Crippen LogP contribution is -2.49. The van der Waals surface area contributed by atoms with Crippen molar-refractivity contribution in [3.05, 3.63) is 17.7 Å². The van der Waals surface area contributed by atoms with Gasteiger partial charge in [0.25, 0.3) is 0 Å². The van der Waals surface area contributed by atoms with Gasteiger partial charge in [-0.1, -0.05) is 0 Å². The number of nitrogens with zero attached hydrogens (tertiary/aromatic N) is 2. The molecule has 1 atom stereocenters. The number of rotatable bonds is 1. The number of aromatic amines is 1. The molecule has 1 aromatic heterocycles. The molecule has 0 saturated heterocycles. The summed E-state index contributed by atoms with van der Waals surface area (Å²) in [4.78, 5) is 31.6. The van der Waals surface area contributed by atoms with Gasteiger partial charge < -0.3 is 14.5 Å². The van der Waals surface area contributed by atoms with Crippen LogP contribution in [0, 0.1) is 0 Å². The molecule has 2 heterocycles. The maximum atomic E-state index is 11.6. The molecule has 1 amide bonds. The lowest BCUT2D eigenvalue weighted by molar-refractivity contribution is -0.146. The number of nitrogens with one attached hydrogen (secondary N) is 1. The minimum atomic E-state index is -0.678. The Labute approximate surface area is 97.7 Å². The van der Waals surface area contributed by atoms with Crippen molar-refractivity contribution in [2.75, 3.05) is 14.2 Å². The van der Waals surface area contributed by atoms with E-state index in [2.05, 4.69) is 19.4 Å². The molecule has 1 unspecified atom stereocenters. The van der Waals surface area contributed by atoms with Crippen molar-refractivity contribution in [3.63, 3.8) is 0 Å². The molecular formula is C10H13N3O4. The largest absolute Gasteiger partial charge is 0.467 e. The lowest BCUT2D eigenvalue weighted by Gasteiger charge is -2.31. The van der Waals surface area contributed by atoms with E-state index in [1.54, 1.807) is 6.33 Å². The number of ether oxygens (including phenoxy) is 2. The van der Waals surface area contributed by atoms with Gasteiger partial charge in [-0.25, -0.2) is 14.6 Å². The second-order valence-electron chi connectivity index (χ2n) is 3.67.